The van der Waals surface area contributed by atoms with Gasteiger partial charge in [-0.1, -0.05) is 11.2 Å². The number of rotatable bonds is 2. The molecule has 5 nitrogen and oxygen atoms in total. The van der Waals surface area contributed by atoms with Crippen LogP contribution in [0.4, 0.5) is 18.9 Å². The van der Waals surface area contributed by atoms with Gasteiger partial charge in [-0.2, -0.15) is 0 Å². The Morgan fingerprint density at radius 2 is 1.79 bits per heavy atom. The molecule has 0 aliphatic carbocycles. The highest BCUT2D eigenvalue weighted by Gasteiger charge is 2.18. The van der Waals surface area contributed by atoms with Crippen molar-refractivity contribution in [1.82, 2.24) is 9.72 Å². The SMILES string of the molecule is Cc1noc(C)c1-c1ccc2c(=O)c(F)cn(-c3cc(N)c(F)cc3F)c2c1. The van der Waals surface area contributed by atoms with Crippen LogP contribution in [0.1, 0.15) is 11.5 Å². The van der Waals surface area contributed by atoms with Gasteiger partial charge < -0.3 is 14.8 Å². The zero-order chi connectivity index (χ0) is 20.2. The second kappa shape index (κ2) is 6.26. The molecule has 0 saturated carbocycles. The molecule has 28 heavy (non-hydrogen) atoms. The number of aryl methyl sites for hydroxylation is 2. The van der Waals surface area contributed by atoms with Crippen molar-refractivity contribution in [1.29, 1.82) is 0 Å². The van der Waals surface area contributed by atoms with Crippen LogP contribution in [-0.4, -0.2) is 9.72 Å². The van der Waals surface area contributed by atoms with E-state index in [1.807, 2.05) is 0 Å². The molecule has 0 aliphatic rings. The largest absolute Gasteiger partial charge is 0.396 e. The zero-order valence-corrected chi connectivity index (χ0v) is 14.9. The Hall–Kier alpha value is -3.55. The molecule has 0 spiro atoms. The average molecular weight is 385 g/mol. The Morgan fingerprint density at radius 1 is 1.04 bits per heavy atom. The van der Waals surface area contributed by atoms with E-state index >= 15 is 0 Å². The summed E-state index contributed by atoms with van der Waals surface area (Å²) in [5.41, 5.74) is 6.47. The third kappa shape index (κ3) is 2.65. The van der Waals surface area contributed by atoms with Gasteiger partial charge in [0.25, 0.3) is 0 Å². The zero-order valence-electron chi connectivity index (χ0n) is 14.9. The molecule has 0 unspecified atom stereocenters. The lowest BCUT2D eigenvalue weighted by atomic mass is 10.0. The molecular weight excluding hydrogens is 371 g/mol. The number of pyridine rings is 1. The number of benzene rings is 2. The second-order valence-corrected chi connectivity index (χ2v) is 6.43. The molecule has 2 heterocycles. The van der Waals surface area contributed by atoms with Crippen molar-refractivity contribution < 1.29 is 17.7 Å². The van der Waals surface area contributed by atoms with Crippen LogP contribution < -0.4 is 11.2 Å². The summed E-state index contributed by atoms with van der Waals surface area (Å²) in [6.45, 7) is 3.49. The highest BCUT2D eigenvalue weighted by Crippen LogP contribution is 2.31. The number of nitrogen functional groups attached to an aromatic ring is 1. The first-order valence-corrected chi connectivity index (χ1v) is 8.31. The maximum Gasteiger partial charge on any atom is 0.224 e. The fraction of sp³-hybridized carbons (Fsp3) is 0.100. The molecular formula is C20H14F3N3O2. The number of nitrogens with two attached hydrogens (primary N) is 1. The number of nitrogens with zero attached hydrogens (tertiary/aromatic N) is 2. The number of anilines is 1. The second-order valence-electron chi connectivity index (χ2n) is 6.43. The van der Waals surface area contributed by atoms with Gasteiger partial charge >= 0.3 is 0 Å². The molecule has 0 amide bonds. The maximum atomic E-state index is 14.4. The summed E-state index contributed by atoms with van der Waals surface area (Å²) in [5.74, 6) is -2.38. The van der Waals surface area contributed by atoms with E-state index in [0.717, 1.165) is 16.8 Å². The van der Waals surface area contributed by atoms with E-state index in [2.05, 4.69) is 5.16 Å². The monoisotopic (exact) mass is 385 g/mol. The van der Waals surface area contributed by atoms with E-state index in [9.17, 15) is 18.0 Å². The molecule has 2 N–H and O–H groups in total. The van der Waals surface area contributed by atoms with Crippen LogP contribution in [0.15, 0.2) is 45.8 Å². The minimum absolute atomic E-state index is 0.0396. The van der Waals surface area contributed by atoms with E-state index in [0.29, 0.717) is 28.6 Å². The smallest absolute Gasteiger partial charge is 0.224 e. The summed E-state index contributed by atoms with van der Waals surface area (Å²) in [7, 11) is 0. The average Bonchev–Trinajstić information content (AvgIpc) is 2.99. The predicted octanol–water partition coefficient (Wildman–Crippen LogP) is 4.26. The van der Waals surface area contributed by atoms with Gasteiger partial charge in [0.2, 0.25) is 5.43 Å². The van der Waals surface area contributed by atoms with Gasteiger partial charge in [-0.3, -0.25) is 4.79 Å². The van der Waals surface area contributed by atoms with E-state index < -0.39 is 22.9 Å². The summed E-state index contributed by atoms with van der Waals surface area (Å²) in [6.07, 6.45) is 0.859. The van der Waals surface area contributed by atoms with Gasteiger partial charge in [-0.05, 0) is 37.6 Å². The van der Waals surface area contributed by atoms with Crippen LogP contribution in [-0.2, 0) is 0 Å². The van der Waals surface area contributed by atoms with Crippen LogP contribution in [0.5, 0.6) is 0 Å². The van der Waals surface area contributed by atoms with Crippen molar-refractivity contribution in [2.24, 2.45) is 0 Å². The van der Waals surface area contributed by atoms with Crippen molar-refractivity contribution in [3.8, 4) is 16.8 Å². The first-order valence-electron chi connectivity index (χ1n) is 8.31. The van der Waals surface area contributed by atoms with Crippen LogP contribution in [0.3, 0.4) is 0 Å². The van der Waals surface area contributed by atoms with Gasteiger partial charge in [-0.25, -0.2) is 13.2 Å². The van der Waals surface area contributed by atoms with E-state index in [-0.39, 0.29) is 22.3 Å². The lowest BCUT2D eigenvalue weighted by molar-refractivity contribution is 0.393. The summed E-state index contributed by atoms with van der Waals surface area (Å²) in [6, 6.07) is 6.35. The van der Waals surface area contributed by atoms with Crippen LogP contribution in [0.2, 0.25) is 0 Å². The highest BCUT2D eigenvalue weighted by atomic mass is 19.1. The Kier molecular flexibility index (Phi) is 3.99. The van der Waals surface area contributed by atoms with Crippen molar-refractivity contribution in [3.05, 3.63) is 75.7 Å². The lowest BCUT2D eigenvalue weighted by Crippen LogP contribution is -2.13. The standard InChI is InChI=1S/C20H14F3N3O2/c1-9-19(10(2)28-25-9)11-3-4-12-17(5-11)26(8-15(23)20(12)27)18-7-16(24)13(21)6-14(18)22/h3-8H,24H2,1-2H3. The van der Waals surface area contributed by atoms with Gasteiger partial charge in [0.05, 0.1) is 22.6 Å². The van der Waals surface area contributed by atoms with E-state index in [1.165, 1.54) is 6.07 Å². The van der Waals surface area contributed by atoms with Gasteiger partial charge in [0.1, 0.15) is 17.4 Å². The van der Waals surface area contributed by atoms with Gasteiger partial charge in [-0.15, -0.1) is 0 Å². The molecule has 0 aliphatic heterocycles. The topological polar surface area (TPSA) is 74.0 Å². The van der Waals surface area contributed by atoms with Crippen LogP contribution >= 0.6 is 0 Å². The fourth-order valence-electron chi connectivity index (χ4n) is 3.28. The molecule has 4 rings (SSSR count). The molecule has 0 bridgehead atoms. The normalized spacial score (nSPS) is 11.3. The maximum absolute atomic E-state index is 14.4. The van der Waals surface area contributed by atoms with Gasteiger partial charge in [0.15, 0.2) is 5.82 Å². The number of halogens is 3. The highest BCUT2D eigenvalue weighted by molar-refractivity contribution is 5.86. The molecule has 142 valence electrons. The summed E-state index contributed by atoms with van der Waals surface area (Å²) >= 11 is 0. The summed E-state index contributed by atoms with van der Waals surface area (Å²) in [4.78, 5) is 12.3. The molecule has 0 radical (unpaired) electrons. The third-order valence-electron chi connectivity index (χ3n) is 4.61. The number of fused-ring (bicyclic) bond motifs is 1. The molecule has 0 saturated heterocycles. The fourth-order valence-corrected chi connectivity index (χ4v) is 3.28. The quantitative estimate of drug-likeness (QED) is 0.523. The molecule has 2 aromatic carbocycles. The Morgan fingerprint density at radius 3 is 2.46 bits per heavy atom. The van der Waals surface area contributed by atoms with E-state index in [1.54, 1.807) is 26.0 Å². The van der Waals surface area contributed by atoms with Crippen LogP contribution in [0, 0.1) is 31.3 Å². The van der Waals surface area contributed by atoms with Crippen molar-refractivity contribution in [3.63, 3.8) is 0 Å². The first-order chi connectivity index (χ1) is 13.3. The number of hydrogen-bond donors (Lipinski definition) is 1. The molecule has 0 atom stereocenters. The first kappa shape index (κ1) is 17.8. The lowest BCUT2D eigenvalue weighted by Gasteiger charge is -2.14. The van der Waals surface area contributed by atoms with Crippen molar-refractivity contribution in [2.45, 2.75) is 13.8 Å². The Balaban J connectivity index is 2.09. The summed E-state index contributed by atoms with van der Waals surface area (Å²) < 4.78 is 48.5. The molecule has 4 aromatic rings. The number of aromatic nitrogens is 2. The number of hydrogen-bond acceptors (Lipinski definition) is 4. The summed E-state index contributed by atoms with van der Waals surface area (Å²) in [5, 5.41) is 3.94. The van der Waals surface area contributed by atoms with Gasteiger partial charge in [0, 0.05) is 23.2 Å². The molecule has 8 heteroatoms. The predicted molar refractivity (Wildman–Crippen MR) is 98.8 cm³/mol. The minimum Gasteiger partial charge on any atom is -0.396 e. The van der Waals surface area contributed by atoms with E-state index in [4.69, 9.17) is 10.3 Å². The van der Waals surface area contributed by atoms with Crippen molar-refractivity contribution >= 4 is 16.6 Å². The Labute approximate surface area is 156 Å². The Bertz CT molecular complexity index is 1290. The third-order valence-corrected chi connectivity index (χ3v) is 4.61. The molecule has 0 fully saturated rings. The minimum atomic E-state index is -1.07. The van der Waals surface area contributed by atoms with Crippen LogP contribution in [0.25, 0.3) is 27.7 Å². The molecule has 2 aromatic heterocycles. The van der Waals surface area contributed by atoms with Crippen molar-refractivity contribution in [2.75, 3.05) is 5.73 Å².